The normalized spacial score (nSPS) is 10.4. The van der Waals surface area contributed by atoms with Crippen LogP contribution in [0, 0.1) is 6.92 Å². The summed E-state index contributed by atoms with van der Waals surface area (Å²) in [5, 5.41) is 15.5. The van der Waals surface area contributed by atoms with Crippen LogP contribution in [-0.2, 0) is 11.3 Å². The van der Waals surface area contributed by atoms with E-state index in [1.54, 1.807) is 25.2 Å². The van der Waals surface area contributed by atoms with Crippen LogP contribution in [0.1, 0.15) is 25.0 Å². The summed E-state index contributed by atoms with van der Waals surface area (Å²) < 4.78 is 0. The Morgan fingerprint density at radius 1 is 1.44 bits per heavy atom. The van der Waals surface area contributed by atoms with Crippen molar-refractivity contribution in [3.8, 4) is 0 Å². The third-order valence-corrected chi connectivity index (χ3v) is 3.49. The van der Waals surface area contributed by atoms with E-state index in [1.165, 1.54) is 4.90 Å². The lowest BCUT2D eigenvalue weighted by Crippen LogP contribution is -2.46. The fourth-order valence-electron chi connectivity index (χ4n) is 1.47. The fraction of sp³-hybridized carbons (Fsp3) is 0.500. The van der Waals surface area contributed by atoms with Crippen molar-refractivity contribution in [1.82, 2.24) is 10.2 Å². The molecule has 5 nitrogen and oxygen atoms in total. The quantitative estimate of drug-likeness (QED) is 0.860. The zero-order valence-electron chi connectivity index (χ0n) is 10.8. The maximum absolute atomic E-state index is 11.9. The van der Waals surface area contributed by atoms with Crippen molar-refractivity contribution in [1.29, 1.82) is 0 Å². The first kappa shape index (κ1) is 14.5. The van der Waals surface area contributed by atoms with Crippen molar-refractivity contribution >= 4 is 23.3 Å². The average molecular weight is 270 g/mol. The smallest absolute Gasteiger partial charge is 0.323 e. The SMILES string of the molecule is Cc1cscc1CNC(=O)N(CC(=O)O)C(C)C. The van der Waals surface area contributed by atoms with Gasteiger partial charge in [0.15, 0.2) is 0 Å². The molecule has 0 bridgehead atoms. The van der Waals surface area contributed by atoms with Crippen LogP contribution < -0.4 is 5.32 Å². The van der Waals surface area contributed by atoms with Crippen LogP contribution in [0.5, 0.6) is 0 Å². The fourth-order valence-corrected chi connectivity index (χ4v) is 2.33. The maximum Gasteiger partial charge on any atom is 0.323 e. The third-order valence-electron chi connectivity index (χ3n) is 2.58. The average Bonchev–Trinajstić information content (AvgIpc) is 2.68. The number of nitrogens with zero attached hydrogens (tertiary/aromatic N) is 1. The molecule has 0 radical (unpaired) electrons. The summed E-state index contributed by atoms with van der Waals surface area (Å²) in [6.45, 7) is 5.70. The van der Waals surface area contributed by atoms with Gasteiger partial charge in [-0.25, -0.2) is 4.79 Å². The number of hydrogen-bond acceptors (Lipinski definition) is 3. The van der Waals surface area contributed by atoms with Crippen molar-refractivity contribution in [2.45, 2.75) is 33.4 Å². The Morgan fingerprint density at radius 3 is 2.56 bits per heavy atom. The van der Waals surface area contributed by atoms with Gasteiger partial charge in [-0.2, -0.15) is 11.3 Å². The molecule has 0 aliphatic carbocycles. The minimum absolute atomic E-state index is 0.148. The highest BCUT2D eigenvalue weighted by Gasteiger charge is 2.19. The summed E-state index contributed by atoms with van der Waals surface area (Å²) in [5.74, 6) is -1.01. The second-order valence-corrected chi connectivity index (χ2v) is 5.10. The second kappa shape index (κ2) is 6.39. The lowest BCUT2D eigenvalue weighted by atomic mass is 10.2. The van der Waals surface area contributed by atoms with Gasteiger partial charge in [0, 0.05) is 12.6 Å². The Labute approximate surface area is 110 Å². The number of carbonyl (C=O) groups is 2. The second-order valence-electron chi connectivity index (χ2n) is 4.35. The Kier molecular flexibility index (Phi) is 5.15. The summed E-state index contributed by atoms with van der Waals surface area (Å²) >= 11 is 1.58. The van der Waals surface area contributed by atoms with E-state index >= 15 is 0 Å². The molecule has 1 rings (SSSR count). The molecule has 0 spiro atoms. The highest BCUT2D eigenvalue weighted by atomic mass is 32.1. The van der Waals surface area contributed by atoms with Crippen LogP contribution in [0.3, 0.4) is 0 Å². The molecule has 0 aliphatic heterocycles. The third kappa shape index (κ3) is 4.03. The number of rotatable bonds is 5. The van der Waals surface area contributed by atoms with Gasteiger partial charge in [0.2, 0.25) is 0 Å². The van der Waals surface area contributed by atoms with Crippen LogP contribution in [-0.4, -0.2) is 34.6 Å². The summed E-state index contributed by atoms with van der Waals surface area (Å²) in [4.78, 5) is 23.9. The molecule has 18 heavy (non-hydrogen) atoms. The number of nitrogens with one attached hydrogen (secondary N) is 1. The van der Waals surface area contributed by atoms with E-state index in [4.69, 9.17) is 5.11 Å². The Hall–Kier alpha value is -1.56. The summed E-state index contributed by atoms with van der Waals surface area (Å²) in [6.07, 6.45) is 0. The minimum Gasteiger partial charge on any atom is -0.480 e. The van der Waals surface area contributed by atoms with E-state index in [9.17, 15) is 9.59 Å². The van der Waals surface area contributed by atoms with Gasteiger partial charge in [0.1, 0.15) is 6.54 Å². The van der Waals surface area contributed by atoms with E-state index in [-0.39, 0.29) is 18.6 Å². The topological polar surface area (TPSA) is 69.6 Å². The Balaban J connectivity index is 2.57. The number of aliphatic carboxylic acids is 1. The molecule has 0 saturated carbocycles. The summed E-state index contributed by atoms with van der Waals surface area (Å²) in [7, 11) is 0. The Morgan fingerprint density at radius 2 is 2.11 bits per heavy atom. The van der Waals surface area contributed by atoms with Crippen molar-refractivity contribution in [3.05, 3.63) is 21.9 Å². The van der Waals surface area contributed by atoms with Gasteiger partial charge >= 0.3 is 12.0 Å². The number of urea groups is 1. The van der Waals surface area contributed by atoms with Gasteiger partial charge < -0.3 is 15.3 Å². The van der Waals surface area contributed by atoms with Gasteiger partial charge in [-0.05, 0) is 42.7 Å². The van der Waals surface area contributed by atoms with E-state index in [2.05, 4.69) is 5.32 Å². The molecule has 0 saturated heterocycles. The van der Waals surface area contributed by atoms with Gasteiger partial charge in [-0.1, -0.05) is 0 Å². The first-order chi connectivity index (χ1) is 8.41. The van der Waals surface area contributed by atoms with Crippen LogP contribution in [0.25, 0.3) is 0 Å². The molecule has 2 N–H and O–H groups in total. The van der Waals surface area contributed by atoms with Crippen molar-refractivity contribution in [2.75, 3.05) is 6.54 Å². The van der Waals surface area contributed by atoms with E-state index < -0.39 is 5.97 Å². The Bertz CT molecular complexity index is 429. The molecule has 6 heteroatoms. The minimum atomic E-state index is -1.01. The molecule has 0 aromatic carbocycles. The lowest BCUT2D eigenvalue weighted by molar-refractivity contribution is -0.138. The zero-order chi connectivity index (χ0) is 13.7. The van der Waals surface area contributed by atoms with Crippen LogP contribution in [0.4, 0.5) is 4.79 Å². The van der Waals surface area contributed by atoms with E-state index in [0.717, 1.165) is 11.1 Å². The zero-order valence-corrected chi connectivity index (χ0v) is 11.6. The first-order valence-corrected chi connectivity index (χ1v) is 6.64. The van der Waals surface area contributed by atoms with E-state index in [0.29, 0.717) is 6.54 Å². The number of carboxylic acids is 1. The van der Waals surface area contributed by atoms with Crippen molar-refractivity contribution in [2.24, 2.45) is 0 Å². The van der Waals surface area contributed by atoms with Crippen LogP contribution in [0.2, 0.25) is 0 Å². The highest BCUT2D eigenvalue weighted by Crippen LogP contribution is 2.13. The molecule has 2 amide bonds. The molecule has 1 heterocycles. The number of carbonyl (C=O) groups excluding carboxylic acids is 1. The monoisotopic (exact) mass is 270 g/mol. The molecule has 1 aromatic heterocycles. The molecule has 0 atom stereocenters. The number of carboxylic acid groups (broad SMARTS) is 1. The summed E-state index contributed by atoms with van der Waals surface area (Å²) in [5.41, 5.74) is 2.20. The number of thiophene rings is 1. The van der Waals surface area contributed by atoms with Gasteiger partial charge in [-0.15, -0.1) is 0 Å². The largest absolute Gasteiger partial charge is 0.480 e. The number of hydrogen-bond donors (Lipinski definition) is 2. The maximum atomic E-state index is 11.9. The lowest BCUT2D eigenvalue weighted by Gasteiger charge is -2.25. The molecule has 1 aromatic rings. The predicted octanol–water partition coefficient (Wildman–Crippen LogP) is 2.06. The molecule has 0 aliphatic rings. The van der Waals surface area contributed by atoms with Gasteiger partial charge in [-0.3, -0.25) is 4.79 Å². The van der Waals surface area contributed by atoms with Crippen LogP contribution in [0.15, 0.2) is 10.8 Å². The molecule has 0 unspecified atom stereocenters. The van der Waals surface area contributed by atoms with Crippen LogP contribution >= 0.6 is 11.3 Å². The molecular weight excluding hydrogens is 252 g/mol. The first-order valence-electron chi connectivity index (χ1n) is 5.69. The van der Waals surface area contributed by atoms with Crippen molar-refractivity contribution in [3.63, 3.8) is 0 Å². The van der Waals surface area contributed by atoms with Gasteiger partial charge in [0.05, 0.1) is 0 Å². The number of amides is 2. The predicted molar refractivity (Wildman–Crippen MR) is 70.8 cm³/mol. The molecule has 0 fully saturated rings. The summed E-state index contributed by atoms with van der Waals surface area (Å²) in [6, 6.07) is -0.498. The number of aryl methyl sites for hydroxylation is 1. The van der Waals surface area contributed by atoms with Crippen molar-refractivity contribution < 1.29 is 14.7 Å². The molecular formula is C12H18N2O3S. The molecule has 100 valence electrons. The van der Waals surface area contributed by atoms with E-state index in [1.807, 2.05) is 17.7 Å². The highest BCUT2D eigenvalue weighted by molar-refractivity contribution is 7.08. The standard InChI is InChI=1S/C12H18N2O3S/c1-8(2)14(5-11(15)16)12(17)13-4-10-7-18-6-9(10)3/h6-8H,4-5H2,1-3H3,(H,13,17)(H,15,16). The van der Waals surface area contributed by atoms with Gasteiger partial charge in [0.25, 0.3) is 0 Å².